The van der Waals surface area contributed by atoms with Crippen molar-refractivity contribution in [1.82, 2.24) is 4.90 Å². The Morgan fingerprint density at radius 2 is 2.10 bits per heavy atom. The maximum Gasteiger partial charge on any atom is 0.306 e. The molecule has 6 nitrogen and oxygen atoms in total. The first kappa shape index (κ1) is 15.3. The highest BCUT2D eigenvalue weighted by Crippen LogP contribution is 2.24. The van der Waals surface area contributed by atoms with Crippen LogP contribution in [0.2, 0.25) is 0 Å². The Balaban J connectivity index is 2.06. The highest BCUT2D eigenvalue weighted by atomic mass is 16.5. The lowest BCUT2D eigenvalue weighted by Gasteiger charge is -2.39. The third-order valence-electron chi connectivity index (χ3n) is 3.48. The standard InChI is InChI=1S/C15H19NO5/c1-15(7-14(18)19)10-16(13(17)9-21-15)8-11-3-5-12(20-2)6-4-11/h3-6H,7-10H2,1-2H3,(H,18,19). The van der Waals surface area contributed by atoms with Gasteiger partial charge >= 0.3 is 5.97 Å². The first-order valence-corrected chi connectivity index (χ1v) is 6.68. The van der Waals surface area contributed by atoms with Gasteiger partial charge in [-0.2, -0.15) is 0 Å². The third-order valence-corrected chi connectivity index (χ3v) is 3.48. The number of carbonyl (C=O) groups is 2. The number of methoxy groups -OCH3 is 1. The van der Waals surface area contributed by atoms with Crippen molar-refractivity contribution >= 4 is 11.9 Å². The lowest BCUT2D eigenvalue weighted by molar-refractivity contribution is -0.169. The molecule has 1 N–H and O–H groups in total. The van der Waals surface area contributed by atoms with Crippen molar-refractivity contribution in [3.8, 4) is 5.75 Å². The summed E-state index contributed by atoms with van der Waals surface area (Å²) in [6.07, 6.45) is -0.126. The van der Waals surface area contributed by atoms with Crippen LogP contribution < -0.4 is 4.74 Å². The summed E-state index contributed by atoms with van der Waals surface area (Å²) in [6.45, 7) is 2.33. The lowest BCUT2D eigenvalue weighted by atomic mass is 9.99. The zero-order valence-electron chi connectivity index (χ0n) is 12.2. The molecule has 1 saturated heterocycles. The fraction of sp³-hybridized carbons (Fsp3) is 0.467. The Morgan fingerprint density at radius 3 is 2.67 bits per heavy atom. The van der Waals surface area contributed by atoms with Gasteiger partial charge in [0.25, 0.3) is 0 Å². The van der Waals surface area contributed by atoms with E-state index in [1.807, 2.05) is 24.3 Å². The summed E-state index contributed by atoms with van der Waals surface area (Å²) in [5.74, 6) is -0.312. The molecule has 0 spiro atoms. The highest BCUT2D eigenvalue weighted by molar-refractivity contribution is 5.79. The number of nitrogens with zero attached hydrogens (tertiary/aromatic N) is 1. The van der Waals surface area contributed by atoms with E-state index in [0.29, 0.717) is 6.54 Å². The number of rotatable bonds is 5. The molecule has 1 amide bonds. The number of ether oxygens (including phenoxy) is 2. The Morgan fingerprint density at radius 1 is 1.43 bits per heavy atom. The molecule has 1 aliphatic rings. The Bertz CT molecular complexity index is 527. The maximum atomic E-state index is 11.9. The summed E-state index contributed by atoms with van der Waals surface area (Å²) in [7, 11) is 1.60. The fourth-order valence-electron chi connectivity index (χ4n) is 2.39. The van der Waals surface area contributed by atoms with Gasteiger partial charge in [-0.3, -0.25) is 9.59 Å². The van der Waals surface area contributed by atoms with E-state index in [4.69, 9.17) is 14.6 Å². The molecule has 1 aromatic rings. The van der Waals surface area contributed by atoms with Gasteiger partial charge in [-0.15, -0.1) is 0 Å². The molecule has 21 heavy (non-hydrogen) atoms. The van der Waals surface area contributed by atoms with Crippen LogP contribution in [-0.4, -0.2) is 47.7 Å². The predicted octanol–water partition coefficient (Wildman–Crippen LogP) is 1.29. The SMILES string of the molecule is COc1ccc(CN2CC(C)(CC(=O)O)OCC2=O)cc1. The largest absolute Gasteiger partial charge is 0.497 e. The van der Waals surface area contributed by atoms with Gasteiger partial charge in [0.15, 0.2) is 0 Å². The number of hydrogen-bond donors (Lipinski definition) is 1. The fourth-order valence-corrected chi connectivity index (χ4v) is 2.39. The average Bonchev–Trinajstić information content (AvgIpc) is 2.43. The van der Waals surface area contributed by atoms with E-state index in [1.54, 1.807) is 18.9 Å². The van der Waals surface area contributed by atoms with E-state index in [-0.39, 0.29) is 25.5 Å². The predicted molar refractivity (Wildman–Crippen MR) is 75.0 cm³/mol. The van der Waals surface area contributed by atoms with Crippen LogP contribution in [0, 0.1) is 0 Å². The molecule has 1 heterocycles. The molecule has 114 valence electrons. The first-order valence-electron chi connectivity index (χ1n) is 6.68. The van der Waals surface area contributed by atoms with Crippen molar-refractivity contribution < 1.29 is 24.2 Å². The van der Waals surface area contributed by atoms with E-state index >= 15 is 0 Å². The molecule has 0 bridgehead atoms. The van der Waals surface area contributed by atoms with Crippen LogP contribution in [0.1, 0.15) is 18.9 Å². The minimum absolute atomic E-state index is 0.0834. The maximum absolute atomic E-state index is 11.9. The Hall–Kier alpha value is -2.08. The van der Waals surface area contributed by atoms with Gasteiger partial charge in [0.05, 0.1) is 25.7 Å². The second kappa shape index (κ2) is 6.13. The number of aliphatic carboxylic acids is 1. The molecule has 1 fully saturated rings. The Labute approximate surface area is 123 Å². The van der Waals surface area contributed by atoms with Gasteiger partial charge in [0.1, 0.15) is 12.4 Å². The summed E-state index contributed by atoms with van der Waals surface area (Å²) in [5, 5.41) is 8.93. The molecule has 1 unspecified atom stereocenters. The van der Waals surface area contributed by atoms with Crippen molar-refractivity contribution in [2.45, 2.75) is 25.5 Å². The lowest BCUT2D eigenvalue weighted by Crippen LogP contribution is -2.53. The van der Waals surface area contributed by atoms with Gasteiger partial charge in [0, 0.05) is 6.54 Å². The first-order chi connectivity index (χ1) is 9.92. The number of amides is 1. The van der Waals surface area contributed by atoms with Crippen LogP contribution in [0.4, 0.5) is 0 Å². The van der Waals surface area contributed by atoms with Crippen LogP contribution in [0.3, 0.4) is 0 Å². The molecule has 6 heteroatoms. The molecular weight excluding hydrogens is 274 g/mol. The van der Waals surface area contributed by atoms with E-state index < -0.39 is 11.6 Å². The molecule has 2 rings (SSSR count). The van der Waals surface area contributed by atoms with Crippen LogP contribution >= 0.6 is 0 Å². The highest BCUT2D eigenvalue weighted by Gasteiger charge is 2.37. The normalized spacial score (nSPS) is 22.2. The van der Waals surface area contributed by atoms with Crippen molar-refractivity contribution in [3.63, 3.8) is 0 Å². The van der Waals surface area contributed by atoms with Crippen molar-refractivity contribution in [3.05, 3.63) is 29.8 Å². The Kier molecular flexibility index (Phi) is 4.47. The van der Waals surface area contributed by atoms with Gasteiger partial charge < -0.3 is 19.5 Å². The monoisotopic (exact) mass is 293 g/mol. The van der Waals surface area contributed by atoms with E-state index in [2.05, 4.69) is 0 Å². The van der Waals surface area contributed by atoms with Crippen molar-refractivity contribution in [2.75, 3.05) is 20.3 Å². The molecule has 0 aromatic heterocycles. The number of carboxylic acids is 1. The number of hydrogen-bond acceptors (Lipinski definition) is 4. The van der Waals surface area contributed by atoms with E-state index in [9.17, 15) is 9.59 Å². The van der Waals surface area contributed by atoms with Crippen molar-refractivity contribution in [1.29, 1.82) is 0 Å². The zero-order valence-corrected chi connectivity index (χ0v) is 12.2. The summed E-state index contributed by atoms with van der Waals surface area (Å²) in [5.41, 5.74) is 0.121. The molecule has 0 saturated carbocycles. The minimum Gasteiger partial charge on any atom is -0.497 e. The molecule has 1 atom stereocenters. The van der Waals surface area contributed by atoms with E-state index in [1.165, 1.54) is 0 Å². The summed E-state index contributed by atoms with van der Waals surface area (Å²) in [4.78, 5) is 24.4. The smallest absolute Gasteiger partial charge is 0.306 e. The summed E-state index contributed by atoms with van der Waals surface area (Å²) >= 11 is 0. The molecule has 1 aromatic carbocycles. The van der Waals surface area contributed by atoms with Crippen molar-refractivity contribution in [2.24, 2.45) is 0 Å². The third kappa shape index (κ3) is 3.95. The summed E-state index contributed by atoms with van der Waals surface area (Å²) in [6, 6.07) is 7.43. The van der Waals surface area contributed by atoms with Gasteiger partial charge in [0.2, 0.25) is 5.91 Å². The average molecular weight is 293 g/mol. The minimum atomic E-state index is -0.934. The number of morpholine rings is 1. The molecule has 0 radical (unpaired) electrons. The van der Waals surface area contributed by atoms with Crippen LogP contribution in [0.25, 0.3) is 0 Å². The molecule has 0 aliphatic carbocycles. The number of carboxylic acid groups (broad SMARTS) is 1. The second-order valence-corrected chi connectivity index (χ2v) is 5.41. The van der Waals surface area contributed by atoms with Gasteiger partial charge in [-0.05, 0) is 24.6 Å². The second-order valence-electron chi connectivity index (χ2n) is 5.41. The van der Waals surface area contributed by atoms with Crippen LogP contribution in [0.15, 0.2) is 24.3 Å². The topological polar surface area (TPSA) is 76.1 Å². The van der Waals surface area contributed by atoms with Crippen LogP contribution in [0.5, 0.6) is 5.75 Å². The number of benzene rings is 1. The number of carbonyl (C=O) groups excluding carboxylic acids is 1. The summed E-state index contributed by atoms with van der Waals surface area (Å²) < 4.78 is 10.5. The van der Waals surface area contributed by atoms with E-state index in [0.717, 1.165) is 11.3 Å². The molecular formula is C15H19NO5. The van der Waals surface area contributed by atoms with Gasteiger partial charge in [-0.1, -0.05) is 12.1 Å². The van der Waals surface area contributed by atoms with Crippen LogP contribution in [-0.2, 0) is 20.9 Å². The molecule has 1 aliphatic heterocycles. The zero-order chi connectivity index (χ0) is 15.5. The quantitative estimate of drug-likeness (QED) is 0.885. The van der Waals surface area contributed by atoms with Gasteiger partial charge in [-0.25, -0.2) is 0 Å².